The number of guanidine groups is 1. The van der Waals surface area contributed by atoms with E-state index < -0.39 is 0 Å². The van der Waals surface area contributed by atoms with Crippen molar-refractivity contribution in [2.75, 3.05) is 20.2 Å². The maximum atomic E-state index is 6.00. The fourth-order valence-corrected chi connectivity index (χ4v) is 2.95. The van der Waals surface area contributed by atoms with Crippen molar-refractivity contribution in [1.82, 2.24) is 20.4 Å². The Hall–Kier alpha value is -3.48. The average molecular weight is 408 g/mol. The molecule has 0 saturated carbocycles. The summed E-state index contributed by atoms with van der Waals surface area (Å²) in [6.07, 6.45) is 3.64. The Morgan fingerprint density at radius 1 is 1.10 bits per heavy atom. The summed E-state index contributed by atoms with van der Waals surface area (Å²) < 4.78 is 13.2. The summed E-state index contributed by atoms with van der Waals surface area (Å²) in [5, 5.41) is 10.9. The summed E-state index contributed by atoms with van der Waals surface area (Å²) in [6, 6.07) is 17.8. The van der Waals surface area contributed by atoms with Gasteiger partial charge in [-0.2, -0.15) is 5.10 Å². The first-order valence-corrected chi connectivity index (χ1v) is 10.1. The zero-order valence-corrected chi connectivity index (χ0v) is 17.7. The summed E-state index contributed by atoms with van der Waals surface area (Å²) in [4.78, 5) is 4.70. The molecule has 0 saturated heterocycles. The van der Waals surface area contributed by atoms with Crippen LogP contribution in [0, 0.1) is 0 Å². The van der Waals surface area contributed by atoms with Gasteiger partial charge in [0, 0.05) is 18.9 Å². The van der Waals surface area contributed by atoms with Crippen LogP contribution >= 0.6 is 0 Å². The van der Waals surface area contributed by atoms with Crippen molar-refractivity contribution in [3.8, 4) is 17.2 Å². The van der Waals surface area contributed by atoms with Gasteiger partial charge in [0.1, 0.15) is 6.10 Å². The molecule has 0 aliphatic carbocycles. The molecular formula is C23H29N5O2. The Morgan fingerprint density at radius 3 is 2.67 bits per heavy atom. The molecule has 0 aliphatic rings. The predicted molar refractivity (Wildman–Crippen MR) is 119 cm³/mol. The number of hydrogen-bond donors (Lipinski definition) is 2. The molecule has 1 aromatic heterocycles. The first-order chi connectivity index (χ1) is 14.7. The molecule has 2 N–H and O–H groups in total. The molecule has 0 radical (unpaired) electrons. The van der Waals surface area contributed by atoms with Gasteiger partial charge < -0.3 is 20.1 Å². The summed E-state index contributed by atoms with van der Waals surface area (Å²) >= 11 is 0. The lowest BCUT2D eigenvalue weighted by atomic mass is 10.2. The second kappa shape index (κ2) is 10.9. The van der Waals surface area contributed by atoms with Crippen molar-refractivity contribution in [3.63, 3.8) is 0 Å². The monoisotopic (exact) mass is 407 g/mol. The Balaban J connectivity index is 1.59. The van der Waals surface area contributed by atoms with Crippen molar-refractivity contribution in [1.29, 1.82) is 0 Å². The molecule has 1 unspecified atom stereocenters. The van der Waals surface area contributed by atoms with E-state index in [0.717, 1.165) is 35.3 Å². The lowest BCUT2D eigenvalue weighted by Crippen LogP contribution is -2.41. The van der Waals surface area contributed by atoms with E-state index in [2.05, 4.69) is 27.9 Å². The number of methoxy groups -OCH3 is 1. The molecule has 3 rings (SSSR count). The summed E-state index contributed by atoms with van der Waals surface area (Å²) in [5.74, 6) is 2.20. The van der Waals surface area contributed by atoms with Gasteiger partial charge in [0.05, 0.1) is 25.9 Å². The van der Waals surface area contributed by atoms with Gasteiger partial charge in [0.2, 0.25) is 0 Å². The third-order valence-electron chi connectivity index (χ3n) is 4.40. The van der Waals surface area contributed by atoms with Gasteiger partial charge in [0.25, 0.3) is 0 Å². The van der Waals surface area contributed by atoms with Crippen molar-refractivity contribution in [2.45, 2.75) is 26.5 Å². The normalized spacial score (nSPS) is 12.3. The van der Waals surface area contributed by atoms with E-state index in [1.807, 2.05) is 67.2 Å². The van der Waals surface area contributed by atoms with Gasteiger partial charge in [-0.05, 0) is 49.7 Å². The van der Waals surface area contributed by atoms with Gasteiger partial charge in [-0.15, -0.1) is 0 Å². The minimum atomic E-state index is -0.0618. The second-order valence-corrected chi connectivity index (χ2v) is 6.78. The van der Waals surface area contributed by atoms with Crippen LogP contribution in [0.3, 0.4) is 0 Å². The quantitative estimate of drug-likeness (QED) is 0.420. The molecule has 0 amide bonds. The topological polar surface area (TPSA) is 72.7 Å². The number of nitrogens with one attached hydrogen (secondary N) is 2. The van der Waals surface area contributed by atoms with Crippen molar-refractivity contribution in [2.24, 2.45) is 4.99 Å². The molecule has 0 spiro atoms. The van der Waals surface area contributed by atoms with Crippen LogP contribution in [0.1, 0.15) is 19.4 Å². The van der Waals surface area contributed by atoms with E-state index in [-0.39, 0.29) is 6.10 Å². The van der Waals surface area contributed by atoms with E-state index >= 15 is 0 Å². The average Bonchev–Trinajstić information content (AvgIpc) is 3.31. The SMILES string of the molecule is CCNC(=NCc1cccc(-n2cccn2)c1)NCC(C)Oc1ccccc1OC. The maximum absolute atomic E-state index is 6.00. The number of nitrogens with zero attached hydrogens (tertiary/aromatic N) is 3. The number of benzene rings is 2. The summed E-state index contributed by atoms with van der Waals surface area (Å²) in [5.41, 5.74) is 2.13. The van der Waals surface area contributed by atoms with E-state index in [4.69, 9.17) is 14.5 Å². The van der Waals surface area contributed by atoms with Crippen LogP contribution in [0.25, 0.3) is 5.69 Å². The zero-order chi connectivity index (χ0) is 21.2. The minimum Gasteiger partial charge on any atom is -0.493 e. The fourth-order valence-electron chi connectivity index (χ4n) is 2.95. The molecule has 30 heavy (non-hydrogen) atoms. The summed E-state index contributed by atoms with van der Waals surface area (Å²) in [7, 11) is 1.64. The second-order valence-electron chi connectivity index (χ2n) is 6.78. The van der Waals surface area contributed by atoms with Crippen LogP contribution in [-0.4, -0.2) is 42.0 Å². The fraction of sp³-hybridized carbons (Fsp3) is 0.304. The highest BCUT2D eigenvalue weighted by molar-refractivity contribution is 5.79. The van der Waals surface area contributed by atoms with Gasteiger partial charge in [-0.1, -0.05) is 24.3 Å². The number of rotatable bonds is 9. The molecule has 1 atom stereocenters. The van der Waals surface area contributed by atoms with Gasteiger partial charge in [-0.25, -0.2) is 9.67 Å². The lowest BCUT2D eigenvalue weighted by molar-refractivity contribution is 0.213. The van der Waals surface area contributed by atoms with Crippen molar-refractivity contribution in [3.05, 3.63) is 72.6 Å². The Bertz CT molecular complexity index is 940. The molecule has 7 heteroatoms. The first kappa shape index (κ1) is 21.2. The Labute approximate surface area is 177 Å². The highest BCUT2D eigenvalue weighted by Gasteiger charge is 2.09. The number of para-hydroxylation sites is 2. The van der Waals surface area contributed by atoms with Crippen molar-refractivity contribution >= 4 is 5.96 Å². The van der Waals surface area contributed by atoms with E-state index in [0.29, 0.717) is 13.1 Å². The van der Waals surface area contributed by atoms with Gasteiger partial charge in [-0.3, -0.25) is 0 Å². The highest BCUT2D eigenvalue weighted by Crippen LogP contribution is 2.26. The highest BCUT2D eigenvalue weighted by atomic mass is 16.5. The maximum Gasteiger partial charge on any atom is 0.191 e. The standard InChI is InChI=1S/C23H29N5O2/c1-4-24-23(25-16-18(2)30-22-12-6-5-11-21(22)29-3)26-17-19-9-7-10-20(15-19)28-14-8-13-27-28/h5-15,18H,4,16-17H2,1-3H3,(H2,24,25,26). The molecule has 1 heterocycles. The predicted octanol–water partition coefficient (Wildman–Crippen LogP) is 3.40. The molecule has 0 fully saturated rings. The number of aromatic nitrogens is 2. The van der Waals surface area contributed by atoms with Crippen LogP contribution < -0.4 is 20.1 Å². The minimum absolute atomic E-state index is 0.0618. The largest absolute Gasteiger partial charge is 0.493 e. The molecule has 158 valence electrons. The van der Waals surface area contributed by atoms with Crippen LogP contribution in [0.2, 0.25) is 0 Å². The molecule has 7 nitrogen and oxygen atoms in total. The van der Waals surface area contributed by atoms with Crippen molar-refractivity contribution < 1.29 is 9.47 Å². The molecular weight excluding hydrogens is 378 g/mol. The number of aliphatic imine (C=N–C) groups is 1. The van der Waals surface area contributed by atoms with E-state index in [1.165, 1.54) is 0 Å². The first-order valence-electron chi connectivity index (χ1n) is 10.1. The molecule has 0 aliphatic heterocycles. The smallest absolute Gasteiger partial charge is 0.191 e. The summed E-state index contributed by atoms with van der Waals surface area (Å²) in [6.45, 7) is 6.01. The third kappa shape index (κ3) is 6.01. The van der Waals surface area contributed by atoms with E-state index in [1.54, 1.807) is 13.3 Å². The number of ether oxygens (including phenoxy) is 2. The zero-order valence-electron chi connectivity index (χ0n) is 17.7. The van der Waals surface area contributed by atoms with Crippen LogP contribution in [0.15, 0.2) is 72.0 Å². The lowest BCUT2D eigenvalue weighted by Gasteiger charge is -2.19. The van der Waals surface area contributed by atoms with Crippen LogP contribution in [0.5, 0.6) is 11.5 Å². The van der Waals surface area contributed by atoms with Gasteiger partial charge >= 0.3 is 0 Å². The number of hydrogen-bond acceptors (Lipinski definition) is 4. The van der Waals surface area contributed by atoms with Crippen LogP contribution in [0.4, 0.5) is 0 Å². The molecule has 3 aromatic rings. The molecule has 0 bridgehead atoms. The third-order valence-corrected chi connectivity index (χ3v) is 4.40. The Kier molecular flexibility index (Phi) is 7.71. The molecule has 2 aromatic carbocycles. The van der Waals surface area contributed by atoms with Gasteiger partial charge in [0.15, 0.2) is 17.5 Å². The van der Waals surface area contributed by atoms with E-state index in [9.17, 15) is 0 Å². The van der Waals surface area contributed by atoms with Crippen LogP contribution in [-0.2, 0) is 6.54 Å². The Morgan fingerprint density at radius 2 is 1.93 bits per heavy atom.